The number of para-hydroxylation sites is 1. The van der Waals surface area contributed by atoms with E-state index in [0.29, 0.717) is 18.0 Å². The van der Waals surface area contributed by atoms with Crippen molar-refractivity contribution in [2.24, 2.45) is 0 Å². The van der Waals surface area contributed by atoms with Crippen molar-refractivity contribution in [3.05, 3.63) is 89.0 Å². The zero-order chi connectivity index (χ0) is 24.9. The minimum absolute atomic E-state index is 0.0886. The minimum Gasteiger partial charge on any atom is -0.494 e. The third-order valence-corrected chi connectivity index (χ3v) is 7.57. The molecule has 0 heterocycles. The van der Waals surface area contributed by atoms with E-state index in [1.807, 2.05) is 27.7 Å². The number of carbonyl (C=O) groups is 1. The van der Waals surface area contributed by atoms with E-state index >= 15 is 0 Å². The molecule has 3 aromatic rings. The maximum absolute atomic E-state index is 13.5. The average molecular weight is 481 g/mol. The number of sulfonamides is 1. The zero-order valence-corrected chi connectivity index (χ0v) is 21.1. The second-order valence-electron chi connectivity index (χ2n) is 8.33. The van der Waals surface area contributed by atoms with Gasteiger partial charge in [0.2, 0.25) is 5.91 Å². The van der Waals surface area contributed by atoms with Crippen LogP contribution >= 0.6 is 0 Å². The highest BCUT2D eigenvalue weighted by molar-refractivity contribution is 7.92. The van der Waals surface area contributed by atoms with E-state index in [0.717, 1.165) is 21.0 Å². The van der Waals surface area contributed by atoms with E-state index < -0.39 is 10.0 Å². The first-order valence-electron chi connectivity index (χ1n) is 11.3. The van der Waals surface area contributed by atoms with Gasteiger partial charge in [-0.25, -0.2) is 8.42 Å². The van der Waals surface area contributed by atoms with Gasteiger partial charge in [0.25, 0.3) is 10.0 Å². The Balaban J connectivity index is 1.87. The Hall–Kier alpha value is -3.32. The van der Waals surface area contributed by atoms with Crippen molar-refractivity contribution in [1.82, 2.24) is 5.32 Å². The van der Waals surface area contributed by atoms with Crippen LogP contribution in [0.2, 0.25) is 0 Å². The molecule has 6 nitrogen and oxygen atoms in total. The van der Waals surface area contributed by atoms with Gasteiger partial charge < -0.3 is 10.1 Å². The highest BCUT2D eigenvalue weighted by Crippen LogP contribution is 2.26. The summed E-state index contributed by atoms with van der Waals surface area (Å²) in [6, 6.07) is 18.8. The van der Waals surface area contributed by atoms with Gasteiger partial charge in [0, 0.05) is 0 Å². The first-order chi connectivity index (χ1) is 16.1. The third-order valence-electron chi connectivity index (χ3n) is 5.78. The van der Waals surface area contributed by atoms with Gasteiger partial charge in [0.15, 0.2) is 0 Å². The van der Waals surface area contributed by atoms with E-state index in [-0.39, 0.29) is 23.4 Å². The number of hydrogen-bond donors (Lipinski definition) is 1. The molecule has 1 atom stereocenters. The summed E-state index contributed by atoms with van der Waals surface area (Å²) >= 11 is 0. The Morgan fingerprint density at radius 3 is 2.18 bits per heavy atom. The van der Waals surface area contributed by atoms with E-state index in [9.17, 15) is 13.2 Å². The van der Waals surface area contributed by atoms with E-state index in [1.165, 1.54) is 17.7 Å². The molecule has 0 aliphatic carbocycles. The number of nitrogens with one attached hydrogen (secondary N) is 1. The van der Waals surface area contributed by atoms with Gasteiger partial charge in [0.05, 0.1) is 23.2 Å². The molecular formula is C27H32N2O4S. The van der Waals surface area contributed by atoms with Crippen LogP contribution < -0.4 is 14.4 Å². The molecule has 180 valence electrons. The Labute approximate surface area is 202 Å². The standard InChI is InChI=1S/C27H32N2O4S/c1-6-33-24-12-14-25(15-13-24)34(31,32)29(23-10-8-7-9-11-23)18-27(30)28-22(5)26-17-20(3)19(2)16-21(26)4/h7-17,22H,6,18H2,1-5H3,(H,28,30)/t22-/m0/s1. The fourth-order valence-corrected chi connectivity index (χ4v) is 5.28. The molecular weight excluding hydrogens is 448 g/mol. The molecule has 3 aromatic carbocycles. The molecule has 3 rings (SSSR count). The van der Waals surface area contributed by atoms with Crippen LogP contribution in [-0.2, 0) is 14.8 Å². The second kappa shape index (κ2) is 10.7. The summed E-state index contributed by atoms with van der Waals surface area (Å²) < 4.78 is 33.6. The van der Waals surface area contributed by atoms with E-state index in [4.69, 9.17) is 4.74 Å². The predicted molar refractivity (Wildman–Crippen MR) is 136 cm³/mol. The maximum Gasteiger partial charge on any atom is 0.264 e. The number of benzene rings is 3. The molecule has 34 heavy (non-hydrogen) atoms. The van der Waals surface area contributed by atoms with Crippen LogP contribution in [0.1, 0.15) is 42.1 Å². The Morgan fingerprint density at radius 1 is 0.941 bits per heavy atom. The average Bonchev–Trinajstić information content (AvgIpc) is 2.81. The number of anilines is 1. The summed E-state index contributed by atoms with van der Waals surface area (Å²) in [4.78, 5) is 13.1. The van der Waals surface area contributed by atoms with Crippen LogP contribution in [0, 0.1) is 20.8 Å². The van der Waals surface area contributed by atoms with Crippen molar-refractivity contribution in [3.8, 4) is 5.75 Å². The van der Waals surface area contributed by atoms with Gasteiger partial charge in [-0.05, 0) is 93.3 Å². The van der Waals surface area contributed by atoms with Gasteiger partial charge in [-0.2, -0.15) is 0 Å². The molecule has 0 saturated carbocycles. The molecule has 0 bridgehead atoms. The lowest BCUT2D eigenvalue weighted by Gasteiger charge is -2.25. The summed E-state index contributed by atoms with van der Waals surface area (Å²) in [5, 5.41) is 2.97. The van der Waals surface area contributed by atoms with Crippen LogP contribution in [0.15, 0.2) is 71.6 Å². The number of hydrogen-bond acceptors (Lipinski definition) is 4. The van der Waals surface area contributed by atoms with E-state index in [2.05, 4.69) is 24.4 Å². The lowest BCUT2D eigenvalue weighted by molar-refractivity contribution is -0.120. The number of aryl methyl sites for hydroxylation is 3. The number of carbonyl (C=O) groups excluding carboxylic acids is 1. The van der Waals surface area contributed by atoms with Crippen LogP contribution in [0.4, 0.5) is 5.69 Å². The summed E-state index contributed by atoms with van der Waals surface area (Å²) in [6.45, 7) is 10.0. The number of ether oxygens (including phenoxy) is 1. The molecule has 0 unspecified atom stereocenters. The second-order valence-corrected chi connectivity index (χ2v) is 10.2. The highest BCUT2D eigenvalue weighted by Gasteiger charge is 2.28. The fourth-order valence-electron chi connectivity index (χ4n) is 3.86. The first-order valence-corrected chi connectivity index (χ1v) is 12.7. The normalized spacial score (nSPS) is 12.1. The van der Waals surface area contributed by atoms with Crippen LogP contribution in [-0.4, -0.2) is 27.5 Å². The number of rotatable bonds is 9. The number of nitrogens with zero attached hydrogens (tertiary/aromatic N) is 1. The molecule has 7 heteroatoms. The molecule has 1 amide bonds. The van der Waals surface area contributed by atoms with Crippen LogP contribution in [0.25, 0.3) is 0 Å². The maximum atomic E-state index is 13.5. The van der Waals surface area contributed by atoms with Crippen LogP contribution in [0.3, 0.4) is 0 Å². The highest BCUT2D eigenvalue weighted by atomic mass is 32.2. The van der Waals surface area contributed by atoms with Gasteiger partial charge >= 0.3 is 0 Å². The Morgan fingerprint density at radius 2 is 1.56 bits per heavy atom. The first kappa shape index (κ1) is 25.3. The fraction of sp³-hybridized carbons (Fsp3) is 0.296. The van der Waals surface area contributed by atoms with Gasteiger partial charge in [-0.3, -0.25) is 9.10 Å². The van der Waals surface area contributed by atoms with E-state index in [1.54, 1.807) is 42.5 Å². The largest absolute Gasteiger partial charge is 0.494 e. The topological polar surface area (TPSA) is 75.7 Å². The Bertz CT molecular complexity index is 1240. The van der Waals surface area contributed by atoms with Crippen LogP contribution in [0.5, 0.6) is 5.75 Å². The SMILES string of the molecule is CCOc1ccc(S(=O)(=O)N(CC(=O)N[C@@H](C)c2cc(C)c(C)cc2C)c2ccccc2)cc1. The molecule has 0 aromatic heterocycles. The van der Waals surface area contributed by atoms with Crippen molar-refractivity contribution >= 4 is 21.6 Å². The van der Waals surface area contributed by atoms with Crippen molar-refractivity contribution < 1.29 is 17.9 Å². The molecule has 0 saturated heterocycles. The van der Waals surface area contributed by atoms with Crippen molar-refractivity contribution in [1.29, 1.82) is 0 Å². The van der Waals surface area contributed by atoms with Gasteiger partial charge in [-0.1, -0.05) is 30.3 Å². The van der Waals surface area contributed by atoms with Gasteiger partial charge in [-0.15, -0.1) is 0 Å². The molecule has 0 aliphatic heterocycles. The minimum atomic E-state index is -3.98. The molecule has 0 spiro atoms. The summed E-state index contributed by atoms with van der Waals surface area (Å²) in [7, 11) is -3.98. The lowest BCUT2D eigenvalue weighted by Crippen LogP contribution is -2.41. The lowest BCUT2D eigenvalue weighted by atomic mass is 9.96. The number of amides is 1. The summed E-state index contributed by atoms with van der Waals surface area (Å²) in [6.07, 6.45) is 0. The Kier molecular flexibility index (Phi) is 7.99. The summed E-state index contributed by atoms with van der Waals surface area (Å²) in [5.74, 6) is 0.200. The van der Waals surface area contributed by atoms with Crippen molar-refractivity contribution in [2.75, 3.05) is 17.5 Å². The molecule has 0 radical (unpaired) electrons. The zero-order valence-electron chi connectivity index (χ0n) is 20.3. The smallest absolute Gasteiger partial charge is 0.264 e. The molecule has 0 aliphatic rings. The van der Waals surface area contributed by atoms with Gasteiger partial charge in [0.1, 0.15) is 12.3 Å². The quantitative estimate of drug-likeness (QED) is 0.463. The predicted octanol–water partition coefficient (Wildman–Crippen LogP) is 5.08. The third kappa shape index (κ3) is 5.78. The van der Waals surface area contributed by atoms with Crippen molar-refractivity contribution in [3.63, 3.8) is 0 Å². The van der Waals surface area contributed by atoms with Crippen molar-refractivity contribution in [2.45, 2.75) is 45.6 Å². The molecule has 1 N–H and O–H groups in total. The molecule has 0 fully saturated rings. The summed E-state index contributed by atoms with van der Waals surface area (Å²) in [5.41, 5.74) is 4.85. The monoisotopic (exact) mass is 480 g/mol.